The van der Waals surface area contributed by atoms with Crippen molar-refractivity contribution in [2.75, 3.05) is 0 Å². The van der Waals surface area contributed by atoms with Gasteiger partial charge in [0.25, 0.3) is 0 Å². The van der Waals surface area contributed by atoms with Crippen molar-refractivity contribution in [3.63, 3.8) is 0 Å². The monoisotopic (exact) mass is 199 g/mol. The molecule has 0 saturated heterocycles. The molecule has 0 spiro atoms. The van der Waals surface area contributed by atoms with E-state index < -0.39 is 0 Å². The van der Waals surface area contributed by atoms with Crippen LogP contribution in [0.1, 0.15) is 24.3 Å². The Hall–Kier alpha value is -1.83. The summed E-state index contributed by atoms with van der Waals surface area (Å²) in [6.07, 6.45) is 7.54. The van der Waals surface area contributed by atoms with Crippen LogP contribution in [0, 0.1) is 0 Å². The molecule has 0 bridgehead atoms. The average molecular weight is 199 g/mol. The number of rotatable bonds is 3. The van der Waals surface area contributed by atoms with Crippen LogP contribution in [0.15, 0.2) is 53.3 Å². The highest BCUT2D eigenvalue weighted by molar-refractivity contribution is 5.44. The predicted octanol–water partition coefficient (Wildman–Crippen LogP) is 3.49. The Kier molecular flexibility index (Phi) is 2.98. The maximum Gasteiger partial charge on any atom is 0.126 e. The summed E-state index contributed by atoms with van der Waals surface area (Å²) in [7, 11) is 0. The smallest absolute Gasteiger partial charge is 0.126 e. The molecule has 2 nitrogen and oxygen atoms in total. The van der Waals surface area contributed by atoms with Crippen LogP contribution in [0.4, 0.5) is 0 Å². The normalized spacial score (nSPS) is 13.1. The first-order valence-electron chi connectivity index (χ1n) is 4.99. The Morgan fingerprint density at radius 2 is 2.20 bits per heavy atom. The summed E-state index contributed by atoms with van der Waals surface area (Å²) < 4.78 is 5.21. The maximum absolute atomic E-state index is 5.21. The van der Waals surface area contributed by atoms with Crippen LogP contribution < -0.4 is 0 Å². The van der Waals surface area contributed by atoms with Crippen LogP contribution >= 0.6 is 0 Å². The highest BCUT2D eigenvalue weighted by Gasteiger charge is 2.01. The van der Waals surface area contributed by atoms with Crippen molar-refractivity contribution in [1.82, 2.24) is 4.98 Å². The summed E-state index contributed by atoms with van der Waals surface area (Å²) in [4.78, 5) is 4.30. The van der Waals surface area contributed by atoms with Crippen molar-refractivity contribution in [2.24, 2.45) is 0 Å². The molecule has 0 aliphatic carbocycles. The molecule has 1 atom stereocenters. The zero-order valence-electron chi connectivity index (χ0n) is 8.63. The molecule has 2 rings (SSSR count). The van der Waals surface area contributed by atoms with E-state index in [0.717, 1.165) is 11.5 Å². The summed E-state index contributed by atoms with van der Waals surface area (Å²) in [5, 5.41) is 0. The molecule has 0 amide bonds. The summed E-state index contributed by atoms with van der Waals surface area (Å²) in [5.41, 5.74) is 1.07. The highest BCUT2D eigenvalue weighted by atomic mass is 16.3. The Morgan fingerprint density at radius 1 is 1.27 bits per heavy atom. The van der Waals surface area contributed by atoms with Crippen LogP contribution in [0.2, 0.25) is 0 Å². The van der Waals surface area contributed by atoms with Crippen LogP contribution in [-0.4, -0.2) is 4.98 Å². The zero-order valence-corrected chi connectivity index (χ0v) is 8.63. The van der Waals surface area contributed by atoms with Crippen LogP contribution in [-0.2, 0) is 0 Å². The van der Waals surface area contributed by atoms with E-state index in [1.165, 1.54) is 0 Å². The number of pyridine rings is 1. The Labute approximate surface area is 89.3 Å². The summed E-state index contributed by atoms with van der Waals surface area (Å²) in [6, 6.07) is 9.76. The predicted molar refractivity (Wildman–Crippen MR) is 60.4 cm³/mol. The molecule has 0 aromatic carbocycles. The fourth-order valence-corrected chi connectivity index (χ4v) is 1.37. The van der Waals surface area contributed by atoms with Gasteiger partial charge in [-0.2, -0.15) is 0 Å². The summed E-state index contributed by atoms with van der Waals surface area (Å²) in [5.74, 6) is 1.18. The van der Waals surface area contributed by atoms with E-state index in [0.29, 0.717) is 5.92 Å². The molecule has 2 aromatic heterocycles. The van der Waals surface area contributed by atoms with Gasteiger partial charge in [0.1, 0.15) is 5.76 Å². The molecule has 15 heavy (non-hydrogen) atoms. The summed E-state index contributed by atoms with van der Waals surface area (Å²) >= 11 is 0. The quantitative estimate of drug-likeness (QED) is 0.756. The highest BCUT2D eigenvalue weighted by Crippen LogP contribution is 2.15. The van der Waals surface area contributed by atoms with Gasteiger partial charge in [-0.05, 0) is 30.3 Å². The third-order valence-corrected chi connectivity index (χ3v) is 2.25. The molecule has 2 aromatic rings. The summed E-state index contributed by atoms with van der Waals surface area (Å²) in [6.45, 7) is 2.11. The van der Waals surface area contributed by atoms with Crippen molar-refractivity contribution in [1.29, 1.82) is 0 Å². The average Bonchev–Trinajstić information content (AvgIpc) is 2.80. The Morgan fingerprint density at radius 3 is 2.87 bits per heavy atom. The third kappa shape index (κ3) is 2.56. The van der Waals surface area contributed by atoms with E-state index in [2.05, 4.69) is 18.0 Å². The molecule has 0 aliphatic heterocycles. The van der Waals surface area contributed by atoms with Crippen molar-refractivity contribution in [2.45, 2.75) is 12.8 Å². The third-order valence-electron chi connectivity index (χ3n) is 2.25. The zero-order chi connectivity index (χ0) is 10.5. The first-order chi connectivity index (χ1) is 7.36. The molecule has 0 radical (unpaired) electrons. The number of hydrogen-bond acceptors (Lipinski definition) is 2. The van der Waals surface area contributed by atoms with Gasteiger partial charge in [-0.25, -0.2) is 0 Å². The van der Waals surface area contributed by atoms with Crippen molar-refractivity contribution >= 4 is 6.08 Å². The lowest BCUT2D eigenvalue weighted by Crippen LogP contribution is -1.91. The largest absolute Gasteiger partial charge is 0.465 e. The standard InChI is InChI=1S/C13H13NO/c1-11(13-6-2-3-9-14-13)7-8-12-5-4-10-15-12/h2-11H,1H3/b8-7+. The molecule has 0 saturated carbocycles. The molecule has 2 heterocycles. The van der Waals surface area contributed by atoms with Gasteiger partial charge in [-0.15, -0.1) is 0 Å². The van der Waals surface area contributed by atoms with Crippen molar-refractivity contribution in [3.05, 3.63) is 60.3 Å². The lowest BCUT2D eigenvalue weighted by molar-refractivity contribution is 0.556. The molecule has 0 N–H and O–H groups in total. The van der Waals surface area contributed by atoms with Crippen LogP contribution in [0.25, 0.3) is 6.08 Å². The number of furan rings is 1. The van der Waals surface area contributed by atoms with E-state index in [9.17, 15) is 0 Å². The van der Waals surface area contributed by atoms with Gasteiger partial charge in [0, 0.05) is 17.8 Å². The molecule has 0 fully saturated rings. The van der Waals surface area contributed by atoms with Gasteiger partial charge < -0.3 is 4.42 Å². The number of hydrogen-bond donors (Lipinski definition) is 0. The molecule has 76 valence electrons. The lowest BCUT2D eigenvalue weighted by Gasteiger charge is -2.03. The van der Waals surface area contributed by atoms with Crippen LogP contribution in [0.5, 0.6) is 0 Å². The molecule has 1 unspecified atom stereocenters. The van der Waals surface area contributed by atoms with E-state index in [-0.39, 0.29) is 0 Å². The fraction of sp³-hybridized carbons (Fsp3) is 0.154. The van der Waals surface area contributed by atoms with E-state index in [4.69, 9.17) is 4.42 Å². The number of aromatic nitrogens is 1. The first kappa shape index (κ1) is 9.71. The number of allylic oxidation sites excluding steroid dienone is 1. The van der Waals surface area contributed by atoms with Gasteiger partial charge >= 0.3 is 0 Å². The van der Waals surface area contributed by atoms with Gasteiger partial charge in [-0.1, -0.05) is 19.1 Å². The first-order valence-corrected chi connectivity index (χ1v) is 4.99. The Bertz CT molecular complexity index is 417. The van der Waals surface area contributed by atoms with E-state index in [1.54, 1.807) is 6.26 Å². The van der Waals surface area contributed by atoms with Crippen molar-refractivity contribution < 1.29 is 4.42 Å². The van der Waals surface area contributed by atoms with Gasteiger partial charge in [0.15, 0.2) is 0 Å². The molecule has 2 heteroatoms. The topological polar surface area (TPSA) is 26.0 Å². The van der Waals surface area contributed by atoms with Gasteiger partial charge in [-0.3, -0.25) is 4.98 Å². The Balaban J connectivity index is 2.07. The minimum absolute atomic E-state index is 0.302. The van der Waals surface area contributed by atoms with Gasteiger partial charge in [0.05, 0.1) is 6.26 Å². The molecule has 0 aliphatic rings. The van der Waals surface area contributed by atoms with Crippen molar-refractivity contribution in [3.8, 4) is 0 Å². The SMILES string of the molecule is CC(/C=C/c1ccco1)c1ccccn1. The second-order valence-electron chi connectivity index (χ2n) is 3.42. The maximum atomic E-state index is 5.21. The van der Waals surface area contributed by atoms with E-state index in [1.807, 2.05) is 42.6 Å². The number of nitrogens with zero attached hydrogens (tertiary/aromatic N) is 1. The lowest BCUT2D eigenvalue weighted by atomic mass is 10.1. The second kappa shape index (κ2) is 4.60. The fourth-order valence-electron chi connectivity index (χ4n) is 1.37. The minimum Gasteiger partial charge on any atom is -0.465 e. The second-order valence-corrected chi connectivity index (χ2v) is 3.42. The molecular weight excluding hydrogens is 186 g/mol. The van der Waals surface area contributed by atoms with Gasteiger partial charge in [0.2, 0.25) is 0 Å². The minimum atomic E-state index is 0.302. The van der Waals surface area contributed by atoms with E-state index >= 15 is 0 Å². The molecular formula is C13H13NO. The van der Waals surface area contributed by atoms with Crippen LogP contribution in [0.3, 0.4) is 0 Å².